The van der Waals surface area contributed by atoms with Crippen molar-refractivity contribution in [3.8, 4) is 0 Å². The molecule has 0 saturated carbocycles. The average molecular weight is 326 g/mol. The smallest absolute Gasteiger partial charge is 0.317 e. The van der Waals surface area contributed by atoms with Gasteiger partial charge in [0.2, 0.25) is 0 Å². The van der Waals surface area contributed by atoms with Gasteiger partial charge in [0, 0.05) is 32.4 Å². The minimum absolute atomic E-state index is 0.0246. The molecule has 0 aliphatic carbocycles. The van der Waals surface area contributed by atoms with E-state index < -0.39 is 0 Å². The predicted octanol–water partition coefficient (Wildman–Crippen LogP) is 2.68. The van der Waals surface area contributed by atoms with Crippen LogP contribution in [-0.4, -0.2) is 33.3 Å². The molecule has 128 valence electrons. The topological polar surface area (TPSA) is 50.2 Å². The van der Waals surface area contributed by atoms with Crippen LogP contribution in [-0.2, 0) is 32.9 Å². The molecule has 2 amide bonds. The molecule has 0 radical (unpaired) electrons. The molecular formula is C19H26N4O. The molecule has 24 heavy (non-hydrogen) atoms. The van der Waals surface area contributed by atoms with E-state index in [4.69, 9.17) is 0 Å². The molecule has 0 saturated heterocycles. The summed E-state index contributed by atoms with van der Waals surface area (Å²) < 4.78 is 1.79. The van der Waals surface area contributed by atoms with Gasteiger partial charge in [-0.1, -0.05) is 25.1 Å². The summed E-state index contributed by atoms with van der Waals surface area (Å²) in [5.41, 5.74) is 5.17. The zero-order valence-electron chi connectivity index (χ0n) is 14.7. The van der Waals surface area contributed by atoms with Crippen LogP contribution in [0.25, 0.3) is 0 Å². The van der Waals surface area contributed by atoms with E-state index in [1.807, 2.05) is 31.3 Å². The number of carbonyl (C=O) groups is 1. The Morgan fingerprint density at radius 2 is 2.17 bits per heavy atom. The Hall–Kier alpha value is -2.30. The molecule has 1 aliphatic rings. The summed E-state index contributed by atoms with van der Waals surface area (Å²) in [5, 5.41) is 7.28. The highest BCUT2D eigenvalue weighted by Gasteiger charge is 2.22. The Morgan fingerprint density at radius 1 is 1.33 bits per heavy atom. The first-order valence-electron chi connectivity index (χ1n) is 8.68. The van der Waals surface area contributed by atoms with Gasteiger partial charge in [0.15, 0.2) is 0 Å². The second-order valence-electron chi connectivity index (χ2n) is 6.71. The number of rotatable bonds is 4. The van der Waals surface area contributed by atoms with Gasteiger partial charge in [-0.3, -0.25) is 4.68 Å². The standard InChI is InChI=1S/C19H26N4O/c1-4-15-5-6-18-13-23(8-7-17(18)10-15)19(24)21-14(2)9-16-11-20-22(3)12-16/h5-6,10-12,14H,4,7-9,13H2,1-3H3,(H,21,24). The number of urea groups is 1. The van der Waals surface area contributed by atoms with Crippen molar-refractivity contribution in [3.63, 3.8) is 0 Å². The molecule has 1 aromatic heterocycles. The van der Waals surface area contributed by atoms with Crippen molar-refractivity contribution < 1.29 is 4.79 Å². The molecule has 5 nitrogen and oxygen atoms in total. The van der Waals surface area contributed by atoms with Crippen LogP contribution in [0.4, 0.5) is 4.79 Å². The van der Waals surface area contributed by atoms with E-state index in [-0.39, 0.29) is 12.1 Å². The number of aryl methyl sites for hydroxylation is 2. The molecule has 1 unspecified atom stereocenters. The normalized spacial score (nSPS) is 15.0. The Kier molecular flexibility index (Phi) is 4.88. The van der Waals surface area contributed by atoms with Gasteiger partial charge < -0.3 is 10.2 Å². The molecule has 1 atom stereocenters. The first-order valence-corrected chi connectivity index (χ1v) is 8.68. The van der Waals surface area contributed by atoms with Crippen molar-refractivity contribution in [3.05, 3.63) is 52.8 Å². The van der Waals surface area contributed by atoms with Crippen molar-refractivity contribution in [2.45, 2.75) is 45.7 Å². The van der Waals surface area contributed by atoms with Crippen LogP contribution in [0.3, 0.4) is 0 Å². The van der Waals surface area contributed by atoms with Crippen molar-refractivity contribution >= 4 is 6.03 Å². The molecule has 1 N–H and O–H groups in total. The highest BCUT2D eigenvalue weighted by atomic mass is 16.2. The third-order valence-electron chi connectivity index (χ3n) is 4.65. The summed E-state index contributed by atoms with van der Waals surface area (Å²) in [5.74, 6) is 0. The fraction of sp³-hybridized carbons (Fsp3) is 0.474. The van der Waals surface area contributed by atoms with Gasteiger partial charge in [-0.05, 0) is 48.4 Å². The van der Waals surface area contributed by atoms with Crippen LogP contribution >= 0.6 is 0 Å². The summed E-state index contributed by atoms with van der Waals surface area (Å²) in [4.78, 5) is 14.4. The highest BCUT2D eigenvalue weighted by molar-refractivity contribution is 5.75. The van der Waals surface area contributed by atoms with Crippen LogP contribution in [0.15, 0.2) is 30.6 Å². The van der Waals surface area contributed by atoms with Crippen LogP contribution < -0.4 is 5.32 Å². The highest BCUT2D eigenvalue weighted by Crippen LogP contribution is 2.21. The van der Waals surface area contributed by atoms with E-state index in [1.54, 1.807) is 4.68 Å². The van der Waals surface area contributed by atoms with E-state index >= 15 is 0 Å². The molecule has 3 rings (SSSR count). The summed E-state index contributed by atoms with van der Waals surface area (Å²) in [6, 6.07) is 6.75. The molecule has 1 aliphatic heterocycles. The van der Waals surface area contributed by atoms with Crippen LogP contribution in [0.5, 0.6) is 0 Å². The second-order valence-corrected chi connectivity index (χ2v) is 6.71. The van der Waals surface area contributed by atoms with Gasteiger partial charge in [0.1, 0.15) is 0 Å². The molecule has 0 spiro atoms. The lowest BCUT2D eigenvalue weighted by Gasteiger charge is -2.30. The number of hydrogen-bond donors (Lipinski definition) is 1. The third-order valence-corrected chi connectivity index (χ3v) is 4.65. The fourth-order valence-electron chi connectivity index (χ4n) is 3.28. The minimum atomic E-state index is 0.0246. The maximum absolute atomic E-state index is 12.5. The van der Waals surface area contributed by atoms with E-state index in [9.17, 15) is 4.79 Å². The van der Waals surface area contributed by atoms with Gasteiger partial charge in [-0.15, -0.1) is 0 Å². The van der Waals surface area contributed by atoms with Gasteiger partial charge in [-0.25, -0.2) is 4.79 Å². The summed E-state index contributed by atoms with van der Waals surface area (Å²) in [6.45, 7) is 5.70. The molecule has 0 fully saturated rings. The molecule has 2 heterocycles. The number of nitrogens with zero attached hydrogens (tertiary/aromatic N) is 3. The van der Waals surface area contributed by atoms with Crippen LogP contribution in [0.2, 0.25) is 0 Å². The molecule has 1 aromatic carbocycles. The van der Waals surface area contributed by atoms with Crippen molar-refractivity contribution in [2.24, 2.45) is 7.05 Å². The molecule has 5 heteroatoms. The van der Waals surface area contributed by atoms with Gasteiger partial charge >= 0.3 is 6.03 Å². The van der Waals surface area contributed by atoms with Crippen LogP contribution in [0.1, 0.15) is 36.1 Å². The summed E-state index contributed by atoms with van der Waals surface area (Å²) in [6.07, 6.45) is 6.64. The minimum Gasteiger partial charge on any atom is -0.335 e. The van der Waals surface area contributed by atoms with E-state index in [1.165, 1.54) is 16.7 Å². The van der Waals surface area contributed by atoms with Gasteiger partial charge in [0.05, 0.1) is 6.20 Å². The monoisotopic (exact) mass is 326 g/mol. The fourth-order valence-corrected chi connectivity index (χ4v) is 3.28. The number of amides is 2. The lowest BCUT2D eigenvalue weighted by molar-refractivity contribution is 0.189. The first-order chi connectivity index (χ1) is 11.5. The van der Waals surface area contributed by atoms with Crippen LogP contribution in [0, 0.1) is 0 Å². The van der Waals surface area contributed by atoms with Gasteiger partial charge in [-0.2, -0.15) is 5.10 Å². The maximum Gasteiger partial charge on any atom is 0.317 e. The summed E-state index contributed by atoms with van der Waals surface area (Å²) in [7, 11) is 1.90. The third kappa shape index (κ3) is 3.78. The second kappa shape index (κ2) is 7.07. The Morgan fingerprint density at radius 3 is 2.88 bits per heavy atom. The SMILES string of the molecule is CCc1ccc2c(c1)CCN(C(=O)NC(C)Cc1cnn(C)c1)C2. The zero-order valence-corrected chi connectivity index (χ0v) is 14.7. The van der Waals surface area contributed by atoms with E-state index in [2.05, 4.69) is 35.5 Å². The van der Waals surface area contributed by atoms with Crippen molar-refractivity contribution in [2.75, 3.05) is 6.54 Å². The maximum atomic E-state index is 12.5. The van der Waals surface area contributed by atoms with Gasteiger partial charge in [0.25, 0.3) is 0 Å². The largest absolute Gasteiger partial charge is 0.335 e. The Bertz CT molecular complexity index is 722. The predicted molar refractivity (Wildman–Crippen MR) is 94.8 cm³/mol. The summed E-state index contributed by atoms with van der Waals surface area (Å²) >= 11 is 0. The zero-order chi connectivity index (χ0) is 17.1. The number of hydrogen-bond acceptors (Lipinski definition) is 2. The Balaban J connectivity index is 1.57. The van der Waals surface area contributed by atoms with Crippen molar-refractivity contribution in [1.29, 1.82) is 0 Å². The number of aromatic nitrogens is 2. The average Bonchev–Trinajstić information content (AvgIpc) is 2.98. The van der Waals surface area contributed by atoms with Crippen molar-refractivity contribution in [1.82, 2.24) is 20.0 Å². The van der Waals surface area contributed by atoms with E-state index in [0.29, 0.717) is 6.54 Å². The number of carbonyl (C=O) groups excluding carboxylic acids is 1. The number of nitrogens with one attached hydrogen (secondary N) is 1. The Labute approximate surface area is 143 Å². The molecule has 0 bridgehead atoms. The first kappa shape index (κ1) is 16.6. The molecule has 2 aromatic rings. The molecular weight excluding hydrogens is 300 g/mol. The lowest BCUT2D eigenvalue weighted by Crippen LogP contribution is -2.46. The lowest BCUT2D eigenvalue weighted by atomic mass is 9.96. The number of fused-ring (bicyclic) bond motifs is 1. The van der Waals surface area contributed by atoms with E-state index in [0.717, 1.165) is 31.4 Å². The quantitative estimate of drug-likeness (QED) is 0.939. The number of benzene rings is 1.